The monoisotopic (exact) mass is 426 g/mol. The van der Waals surface area contributed by atoms with Gasteiger partial charge in [0, 0.05) is 19.8 Å². The molecule has 0 saturated carbocycles. The zero-order valence-electron chi connectivity index (χ0n) is 14.9. The van der Waals surface area contributed by atoms with Gasteiger partial charge in [-0.05, 0) is 53.5 Å². The summed E-state index contributed by atoms with van der Waals surface area (Å²) >= 11 is 3.30. The number of pyridine rings is 2. The molecule has 27 heavy (non-hydrogen) atoms. The molecule has 0 unspecified atom stereocenters. The number of carbonyl (C=O) groups excluding carboxylic acids is 2. The van der Waals surface area contributed by atoms with Gasteiger partial charge in [0.2, 0.25) is 0 Å². The highest BCUT2D eigenvalue weighted by molar-refractivity contribution is 9.10. The Morgan fingerprint density at radius 1 is 1.07 bits per heavy atom. The minimum absolute atomic E-state index is 0.157. The number of halogens is 1. The number of likely N-dealkylation sites (N-methyl/N-ethyl adjacent to an activating group) is 2. The average molecular weight is 427 g/mol. The van der Waals surface area contributed by atoms with Gasteiger partial charge in [0.15, 0.2) is 11.4 Å². The van der Waals surface area contributed by atoms with Crippen LogP contribution in [0.1, 0.15) is 23.6 Å². The number of hydrogen-bond donors (Lipinski definition) is 0. The summed E-state index contributed by atoms with van der Waals surface area (Å²) in [7, 11) is 1.62. The summed E-state index contributed by atoms with van der Waals surface area (Å²) in [4.78, 5) is 36.9. The first-order valence-electron chi connectivity index (χ1n) is 8.32. The number of anilines is 2. The minimum atomic E-state index is -0.319. The molecule has 2 amide bonds. The summed E-state index contributed by atoms with van der Waals surface area (Å²) in [5, 5.41) is 8.30. The summed E-state index contributed by atoms with van der Waals surface area (Å²) < 4.78 is 0.619. The Morgan fingerprint density at radius 2 is 1.78 bits per heavy atom. The van der Waals surface area contributed by atoms with Crippen LogP contribution in [0.25, 0.3) is 0 Å². The van der Waals surface area contributed by atoms with Gasteiger partial charge in [-0.2, -0.15) is 0 Å². The van der Waals surface area contributed by atoms with Crippen molar-refractivity contribution in [2.24, 2.45) is 10.2 Å². The molecule has 136 valence electrons. The van der Waals surface area contributed by atoms with Gasteiger partial charge in [0.1, 0.15) is 16.2 Å². The van der Waals surface area contributed by atoms with E-state index in [4.69, 9.17) is 0 Å². The Kier molecular flexibility index (Phi) is 4.11. The summed E-state index contributed by atoms with van der Waals surface area (Å²) in [6.45, 7) is 4.23. The summed E-state index contributed by atoms with van der Waals surface area (Å²) in [5.74, 6) is 0.468. The second-order valence-corrected chi connectivity index (χ2v) is 7.01. The number of nitrogens with zero attached hydrogens (tertiary/aromatic N) is 6. The molecule has 0 radical (unpaired) electrons. The number of fused-ring (bicyclic) bond motifs is 2. The number of aromatic nitrogens is 2. The SMILES string of the molecule is CCN1C(=O)/C(=N\N=C2/C(=O)N(C)c3nc(Br)ccc32)c2cc(C)cnc21. The molecular weight excluding hydrogens is 412 g/mol. The Hall–Kier alpha value is -2.94. The van der Waals surface area contributed by atoms with Gasteiger partial charge >= 0.3 is 0 Å². The molecule has 4 heterocycles. The second-order valence-electron chi connectivity index (χ2n) is 6.20. The first-order valence-corrected chi connectivity index (χ1v) is 9.11. The van der Waals surface area contributed by atoms with Gasteiger partial charge in [0.25, 0.3) is 11.8 Å². The lowest BCUT2D eigenvalue weighted by molar-refractivity contribution is -0.113. The Morgan fingerprint density at radius 3 is 2.48 bits per heavy atom. The predicted octanol–water partition coefficient (Wildman–Crippen LogP) is 2.08. The quantitative estimate of drug-likeness (QED) is 0.542. The van der Waals surface area contributed by atoms with Crippen LogP contribution in [0.3, 0.4) is 0 Å². The largest absolute Gasteiger partial charge is 0.294 e. The highest BCUT2D eigenvalue weighted by atomic mass is 79.9. The van der Waals surface area contributed by atoms with Crippen molar-refractivity contribution >= 4 is 50.8 Å². The third-order valence-corrected chi connectivity index (χ3v) is 4.89. The molecule has 2 aliphatic rings. The molecular formula is C18H15BrN6O2. The van der Waals surface area contributed by atoms with Gasteiger partial charge in [0.05, 0.1) is 11.1 Å². The number of hydrogen-bond acceptors (Lipinski definition) is 6. The van der Waals surface area contributed by atoms with E-state index in [1.54, 1.807) is 30.3 Å². The van der Waals surface area contributed by atoms with E-state index in [1.165, 1.54) is 4.90 Å². The fourth-order valence-electron chi connectivity index (χ4n) is 3.11. The first kappa shape index (κ1) is 17.5. The normalized spacial score (nSPS) is 18.7. The van der Waals surface area contributed by atoms with E-state index in [0.29, 0.717) is 33.9 Å². The molecule has 0 spiro atoms. The summed E-state index contributed by atoms with van der Waals surface area (Å²) in [6, 6.07) is 5.33. The van der Waals surface area contributed by atoms with Gasteiger partial charge in [-0.15, -0.1) is 10.2 Å². The smallest absolute Gasteiger partial charge is 0.280 e. The number of rotatable bonds is 2. The molecule has 0 N–H and O–H groups in total. The van der Waals surface area contributed by atoms with E-state index in [9.17, 15) is 9.59 Å². The fraction of sp³-hybridized carbons (Fsp3) is 0.222. The second kappa shape index (κ2) is 6.34. The minimum Gasteiger partial charge on any atom is -0.294 e. The van der Waals surface area contributed by atoms with Crippen molar-refractivity contribution in [1.82, 2.24) is 9.97 Å². The zero-order valence-corrected chi connectivity index (χ0v) is 16.5. The van der Waals surface area contributed by atoms with Crippen LogP contribution in [-0.4, -0.2) is 46.8 Å². The van der Waals surface area contributed by atoms with Gasteiger partial charge in [-0.3, -0.25) is 19.4 Å². The molecule has 2 aromatic rings. The molecule has 0 fully saturated rings. The number of carbonyl (C=O) groups is 2. The van der Waals surface area contributed by atoms with E-state index < -0.39 is 0 Å². The number of aryl methyl sites for hydroxylation is 1. The van der Waals surface area contributed by atoms with E-state index in [-0.39, 0.29) is 23.2 Å². The summed E-state index contributed by atoms with van der Waals surface area (Å²) in [6.07, 6.45) is 1.71. The highest BCUT2D eigenvalue weighted by Crippen LogP contribution is 2.30. The lowest BCUT2D eigenvalue weighted by atomic mass is 10.1. The third kappa shape index (κ3) is 2.66. The Labute approximate surface area is 163 Å². The zero-order chi connectivity index (χ0) is 19.3. The van der Waals surface area contributed by atoms with Crippen LogP contribution in [0.15, 0.2) is 39.2 Å². The van der Waals surface area contributed by atoms with Crippen molar-refractivity contribution in [1.29, 1.82) is 0 Å². The Balaban J connectivity index is 1.83. The van der Waals surface area contributed by atoms with E-state index in [0.717, 1.165) is 5.56 Å². The third-order valence-electron chi connectivity index (χ3n) is 4.45. The van der Waals surface area contributed by atoms with Crippen molar-refractivity contribution in [2.75, 3.05) is 23.4 Å². The molecule has 2 aromatic heterocycles. The maximum atomic E-state index is 12.7. The van der Waals surface area contributed by atoms with Crippen LogP contribution >= 0.6 is 15.9 Å². The van der Waals surface area contributed by atoms with Crippen molar-refractivity contribution < 1.29 is 9.59 Å². The van der Waals surface area contributed by atoms with E-state index in [2.05, 4.69) is 36.1 Å². The standard InChI is InChI=1S/C18H15BrN6O2/c1-4-25-15-11(7-9(2)8-20-15)14(18(25)27)23-22-13-10-5-6-12(19)21-16(10)24(3)17(13)26/h5-8H,4H2,1-3H3/b22-13-,23-14-. The Bertz CT molecular complexity index is 1060. The van der Waals surface area contributed by atoms with Crippen LogP contribution in [0.5, 0.6) is 0 Å². The van der Waals surface area contributed by atoms with Gasteiger partial charge in [-0.1, -0.05) is 0 Å². The van der Waals surface area contributed by atoms with E-state index in [1.807, 2.05) is 19.9 Å². The molecule has 0 aliphatic carbocycles. The predicted molar refractivity (Wildman–Crippen MR) is 105 cm³/mol. The lowest BCUT2D eigenvalue weighted by Crippen LogP contribution is -2.30. The molecule has 0 saturated heterocycles. The molecule has 8 nitrogen and oxygen atoms in total. The average Bonchev–Trinajstić information content (AvgIpc) is 3.04. The maximum Gasteiger partial charge on any atom is 0.280 e. The molecule has 0 atom stereocenters. The molecule has 0 aromatic carbocycles. The molecule has 4 rings (SSSR count). The first-order chi connectivity index (χ1) is 12.9. The number of amides is 2. The summed E-state index contributed by atoms with van der Waals surface area (Å²) in [5.41, 5.74) is 2.46. The van der Waals surface area contributed by atoms with Crippen LogP contribution in [0, 0.1) is 6.92 Å². The fourth-order valence-corrected chi connectivity index (χ4v) is 3.41. The topological polar surface area (TPSA) is 91.1 Å². The maximum absolute atomic E-state index is 12.7. The van der Waals surface area contributed by atoms with Gasteiger partial charge in [-0.25, -0.2) is 9.97 Å². The van der Waals surface area contributed by atoms with Crippen molar-refractivity contribution in [3.8, 4) is 0 Å². The van der Waals surface area contributed by atoms with Crippen LogP contribution in [-0.2, 0) is 9.59 Å². The van der Waals surface area contributed by atoms with Crippen LogP contribution < -0.4 is 9.80 Å². The lowest BCUT2D eigenvalue weighted by Gasteiger charge is -2.11. The van der Waals surface area contributed by atoms with Crippen molar-refractivity contribution in [2.45, 2.75) is 13.8 Å². The van der Waals surface area contributed by atoms with Crippen LogP contribution in [0.2, 0.25) is 0 Å². The van der Waals surface area contributed by atoms with Crippen molar-refractivity contribution in [3.05, 3.63) is 45.7 Å². The molecule has 2 aliphatic heterocycles. The highest BCUT2D eigenvalue weighted by Gasteiger charge is 2.36. The van der Waals surface area contributed by atoms with Gasteiger partial charge < -0.3 is 0 Å². The van der Waals surface area contributed by atoms with Crippen LogP contribution in [0.4, 0.5) is 11.6 Å². The van der Waals surface area contributed by atoms with E-state index >= 15 is 0 Å². The molecule has 0 bridgehead atoms. The van der Waals surface area contributed by atoms with Crippen molar-refractivity contribution in [3.63, 3.8) is 0 Å². The molecule has 9 heteroatoms.